The first-order chi connectivity index (χ1) is 14.2. The Morgan fingerprint density at radius 2 is 1.41 bits per heavy atom. The van der Waals surface area contributed by atoms with Crippen LogP contribution in [0.4, 0.5) is 0 Å². The molecule has 0 spiro atoms. The lowest BCUT2D eigenvalue weighted by molar-refractivity contribution is 0.603. The lowest BCUT2D eigenvalue weighted by Gasteiger charge is -2.16. The molecule has 0 aromatic heterocycles. The van der Waals surface area contributed by atoms with Crippen LogP contribution in [0.25, 0.3) is 32.7 Å². The fraction of sp³-hybridized carbons (Fsp3) is 0.310. The molecule has 0 saturated heterocycles. The summed E-state index contributed by atoms with van der Waals surface area (Å²) in [6.07, 6.45) is 6.55. The zero-order chi connectivity index (χ0) is 20.0. The monoisotopic (exact) mass is 378 g/mol. The summed E-state index contributed by atoms with van der Waals surface area (Å²) in [6, 6.07) is 23.5. The minimum Gasteiger partial charge on any atom is -0.0654 e. The van der Waals surface area contributed by atoms with Crippen molar-refractivity contribution in [1.82, 2.24) is 0 Å². The van der Waals surface area contributed by atoms with Crippen LogP contribution < -0.4 is 0 Å². The summed E-state index contributed by atoms with van der Waals surface area (Å²) in [5.41, 5.74) is 8.71. The van der Waals surface area contributed by atoms with Crippen molar-refractivity contribution < 1.29 is 0 Å². The zero-order valence-electron chi connectivity index (χ0n) is 17.9. The normalized spacial score (nSPS) is 15.1. The largest absolute Gasteiger partial charge is 0.0654 e. The van der Waals surface area contributed by atoms with E-state index in [0.717, 1.165) is 0 Å². The van der Waals surface area contributed by atoms with Crippen LogP contribution in [0.3, 0.4) is 0 Å². The summed E-state index contributed by atoms with van der Waals surface area (Å²) in [4.78, 5) is 0. The highest BCUT2D eigenvalue weighted by molar-refractivity contribution is 6.00. The van der Waals surface area contributed by atoms with E-state index in [1.807, 2.05) is 0 Å². The van der Waals surface area contributed by atoms with Crippen molar-refractivity contribution in [2.45, 2.75) is 58.8 Å². The Morgan fingerprint density at radius 1 is 0.655 bits per heavy atom. The summed E-state index contributed by atoms with van der Waals surface area (Å²) in [5.74, 6) is 0.521. The molecule has 146 valence electrons. The van der Waals surface area contributed by atoms with Gasteiger partial charge in [-0.2, -0.15) is 0 Å². The van der Waals surface area contributed by atoms with Crippen molar-refractivity contribution in [3.63, 3.8) is 0 Å². The number of benzene rings is 4. The lowest BCUT2D eigenvalue weighted by Crippen LogP contribution is -1.98. The average molecular weight is 379 g/mol. The molecule has 0 amide bonds. The number of hydrogen-bond acceptors (Lipinski definition) is 0. The highest BCUT2D eigenvalue weighted by Crippen LogP contribution is 2.51. The van der Waals surface area contributed by atoms with Crippen LogP contribution in [0.2, 0.25) is 0 Å². The van der Waals surface area contributed by atoms with E-state index in [1.54, 1.807) is 11.1 Å². The quantitative estimate of drug-likeness (QED) is 0.305. The van der Waals surface area contributed by atoms with Gasteiger partial charge in [0.25, 0.3) is 0 Å². The first kappa shape index (κ1) is 18.4. The zero-order valence-corrected chi connectivity index (χ0v) is 17.9. The van der Waals surface area contributed by atoms with E-state index in [1.165, 1.54) is 75.9 Å². The van der Waals surface area contributed by atoms with Crippen LogP contribution in [0.5, 0.6) is 0 Å². The standard InChI is InChI=1S/C29H30/c1-4-5-6-7-8-25-28-18-23-16-19(2)9-11-21(23)17-27(28)26-14-12-22-15-20(3)10-13-24(22)29(25)26/h9-18,25H,4-8H2,1-3H3. The van der Waals surface area contributed by atoms with Gasteiger partial charge in [-0.1, -0.05) is 92.3 Å². The van der Waals surface area contributed by atoms with Gasteiger partial charge in [-0.15, -0.1) is 0 Å². The first-order valence-electron chi connectivity index (χ1n) is 11.2. The maximum Gasteiger partial charge on any atom is 0.0108 e. The van der Waals surface area contributed by atoms with Crippen LogP contribution in [-0.2, 0) is 0 Å². The molecule has 0 saturated carbocycles. The average Bonchev–Trinajstić information content (AvgIpc) is 3.02. The van der Waals surface area contributed by atoms with E-state index >= 15 is 0 Å². The predicted octanol–water partition coefficient (Wildman–Crippen LogP) is 8.69. The molecule has 0 heteroatoms. The molecule has 0 aliphatic heterocycles. The molecule has 4 aromatic rings. The van der Waals surface area contributed by atoms with Gasteiger partial charge in [0.2, 0.25) is 0 Å². The molecule has 0 N–H and O–H groups in total. The number of rotatable bonds is 5. The molecule has 5 rings (SSSR count). The van der Waals surface area contributed by atoms with Crippen LogP contribution >= 0.6 is 0 Å². The second-order valence-electron chi connectivity index (χ2n) is 8.94. The van der Waals surface area contributed by atoms with Gasteiger partial charge in [0, 0.05) is 5.92 Å². The van der Waals surface area contributed by atoms with Gasteiger partial charge in [0.15, 0.2) is 0 Å². The third-order valence-electron chi connectivity index (χ3n) is 6.74. The molecule has 0 fully saturated rings. The van der Waals surface area contributed by atoms with E-state index in [-0.39, 0.29) is 0 Å². The summed E-state index contributed by atoms with van der Waals surface area (Å²) in [6.45, 7) is 6.68. The molecule has 1 unspecified atom stereocenters. The second kappa shape index (κ2) is 7.34. The molecular formula is C29H30. The van der Waals surface area contributed by atoms with Crippen LogP contribution in [0.1, 0.15) is 67.2 Å². The van der Waals surface area contributed by atoms with Gasteiger partial charge in [-0.05, 0) is 76.2 Å². The van der Waals surface area contributed by atoms with Crippen molar-refractivity contribution in [2.75, 3.05) is 0 Å². The van der Waals surface area contributed by atoms with Crippen molar-refractivity contribution in [2.24, 2.45) is 0 Å². The lowest BCUT2D eigenvalue weighted by atomic mass is 9.87. The Balaban J connectivity index is 1.71. The number of aryl methyl sites for hydroxylation is 2. The molecule has 0 bridgehead atoms. The Labute approximate surface area is 174 Å². The minimum atomic E-state index is 0.521. The Morgan fingerprint density at radius 3 is 2.24 bits per heavy atom. The highest BCUT2D eigenvalue weighted by atomic mass is 14.3. The van der Waals surface area contributed by atoms with Crippen LogP contribution in [0.15, 0.2) is 60.7 Å². The molecule has 4 aromatic carbocycles. The highest BCUT2D eigenvalue weighted by Gasteiger charge is 2.30. The van der Waals surface area contributed by atoms with Gasteiger partial charge in [-0.25, -0.2) is 0 Å². The van der Waals surface area contributed by atoms with Gasteiger partial charge in [0.1, 0.15) is 0 Å². The van der Waals surface area contributed by atoms with Gasteiger partial charge >= 0.3 is 0 Å². The molecule has 0 radical (unpaired) electrons. The van der Waals surface area contributed by atoms with Crippen LogP contribution in [-0.4, -0.2) is 0 Å². The Kier molecular flexibility index (Phi) is 4.66. The molecule has 1 aliphatic carbocycles. The van der Waals surface area contributed by atoms with Crippen molar-refractivity contribution in [3.05, 3.63) is 82.9 Å². The minimum absolute atomic E-state index is 0.521. The maximum absolute atomic E-state index is 2.49. The summed E-state index contributed by atoms with van der Waals surface area (Å²) < 4.78 is 0. The van der Waals surface area contributed by atoms with Gasteiger partial charge < -0.3 is 0 Å². The van der Waals surface area contributed by atoms with E-state index < -0.39 is 0 Å². The van der Waals surface area contributed by atoms with Crippen molar-refractivity contribution in [1.29, 1.82) is 0 Å². The fourth-order valence-electron chi connectivity index (χ4n) is 5.27. The Hall–Kier alpha value is -2.60. The van der Waals surface area contributed by atoms with Gasteiger partial charge in [0.05, 0.1) is 0 Å². The SMILES string of the molecule is CCCCCCC1c2cc3cc(C)ccc3cc2-c2ccc3cc(C)ccc3c21. The second-order valence-corrected chi connectivity index (χ2v) is 8.94. The summed E-state index contributed by atoms with van der Waals surface area (Å²) in [7, 11) is 0. The van der Waals surface area contributed by atoms with Crippen molar-refractivity contribution in [3.8, 4) is 11.1 Å². The Bertz CT molecular complexity index is 1210. The molecule has 29 heavy (non-hydrogen) atoms. The van der Waals surface area contributed by atoms with E-state index in [0.29, 0.717) is 5.92 Å². The molecule has 0 nitrogen and oxygen atoms in total. The van der Waals surface area contributed by atoms with E-state index in [4.69, 9.17) is 0 Å². The molecular weight excluding hydrogens is 348 g/mol. The molecule has 0 heterocycles. The number of unbranched alkanes of at least 4 members (excludes halogenated alkanes) is 3. The third kappa shape index (κ3) is 3.15. The molecule has 1 aliphatic rings. The van der Waals surface area contributed by atoms with Gasteiger partial charge in [-0.3, -0.25) is 0 Å². The summed E-state index contributed by atoms with van der Waals surface area (Å²) in [5, 5.41) is 5.58. The number of hydrogen-bond donors (Lipinski definition) is 0. The smallest absolute Gasteiger partial charge is 0.0108 e. The summed E-state index contributed by atoms with van der Waals surface area (Å²) >= 11 is 0. The number of fused-ring (bicyclic) bond motifs is 6. The van der Waals surface area contributed by atoms with Crippen LogP contribution in [0, 0.1) is 13.8 Å². The third-order valence-corrected chi connectivity index (χ3v) is 6.74. The topological polar surface area (TPSA) is 0 Å². The van der Waals surface area contributed by atoms with E-state index in [9.17, 15) is 0 Å². The predicted molar refractivity (Wildman–Crippen MR) is 127 cm³/mol. The van der Waals surface area contributed by atoms with E-state index in [2.05, 4.69) is 81.4 Å². The fourth-order valence-corrected chi connectivity index (χ4v) is 5.27. The maximum atomic E-state index is 2.49. The first-order valence-corrected chi connectivity index (χ1v) is 11.2. The molecule has 1 atom stereocenters. The van der Waals surface area contributed by atoms with Crippen molar-refractivity contribution >= 4 is 21.5 Å².